The number of carbonyl (C=O) groups is 2. The number of fused-ring (bicyclic) bond motifs is 2. The highest BCUT2D eigenvalue weighted by molar-refractivity contribution is 7.21. The third-order valence-corrected chi connectivity index (χ3v) is 7.09. The van der Waals surface area contributed by atoms with Gasteiger partial charge >= 0.3 is 6.18 Å². The average Bonchev–Trinajstić information content (AvgIpc) is 3.66. The van der Waals surface area contributed by atoms with Gasteiger partial charge in [0.15, 0.2) is 11.5 Å². The minimum atomic E-state index is -4.74. The second-order valence-electron chi connectivity index (χ2n) is 8.46. The zero-order chi connectivity index (χ0) is 27.3. The number of alkyl halides is 3. The van der Waals surface area contributed by atoms with Crippen LogP contribution in [0, 0.1) is 0 Å². The standard InChI is InChI=1S/C26H16F3N5O4S/c27-26(28,29)19-9-14(12-4-2-1-3-5-12)20-21(22(23(30)35)39-25(20)31-19)32-24(36)16-10-15(33-34-16)13-6-7-17-18(8-13)38-11-37-17/h1-10H,11H2,(H2,30,35)(H,32,36)(H,33,34). The Labute approximate surface area is 221 Å². The van der Waals surface area contributed by atoms with Crippen molar-refractivity contribution in [1.29, 1.82) is 0 Å². The number of carbonyl (C=O) groups excluding carboxylic acids is 2. The van der Waals surface area contributed by atoms with Crippen LogP contribution in [0.1, 0.15) is 25.9 Å². The molecule has 6 rings (SSSR count). The molecule has 0 unspecified atom stereocenters. The fraction of sp³-hybridized carbons (Fsp3) is 0.0769. The number of nitrogens with one attached hydrogen (secondary N) is 2. The van der Waals surface area contributed by atoms with Crippen molar-refractivity contribution in [2.24, 2.45) is 5.73 Å². The first-order valence-corrected chi connectivity index (χ1v) is 12.2. The number of halogens is 3. The molecule has 0 fully saturated rings. The van der Waals surface area contributed by atoms with Crippen LogP contribution in [0.15, 0.2) is 60.7 Å². The molecule has 3 aromatic heterocycles. The number of pyridine rings is 1. The van der Waals surface area contributed by atoms with E-state index in [-0.39, 0.29) is 38.8 Å². The van der Waals surface area contributed by atoms with Crippen LogP contribution in [0.2, 0.25) is 0 Å². The molecule has 0 radical (unpaired) electrons. The molecule has 2 amide bonds. The number of aromatic amines is 1. The van der Waals surface area contributed by atoms with E-state index >= 15 is 0 Å². The molecule has 4 N–H and O–H groups in total. The zero-order valence-electron chi connectivity index (χ0n) is 19.6. The van der Waals surface area contributed by atoms with Crippen molar-refractivity contribution in [3.05, 3.63) is 76.9 Å². The van der Waals surface area contributed by atoms with Gasteiger partial charge in [0, 0.05) is 10.9 Å². The topological polar surface area (TPSA) is 132 Å². The number of thiophene rings is 1. The summed E-state index contributed by atoms with van der Waals surface area (Å²) in [5.74, 6) is -0.481. The van der Waals surface area contributed by atoms with Gasteiger partial charge in [-0.2, -0.15) is 18.3 Å². The lowest BCUT2D eigenvalue weighted by Crippen LogP contribution is -2.17. The Bertz CT molecular complexity index is 1770. The highest BCUT2D eigenvalue weighted by Gasteiger charge is 2.35. The summed E-state index contributed by atoms with van der Waals surface area (Å²) in [6.45, 7) is 0.105. The summed E-state index contributed by atoms with van der Waals surface area (Å²) >= 11 is 0.670. The molecule has 39 heavy (non-hydrogen) atoms. The van der Waals surface area contributed by atoms with E-state index in [2.05, 4.69) is 20.5 Å². The number of rotatable bonds is 5. The third kappa shape index (κ3) is 4.42. The zero-order valence-corrected chi connectivity index (χ0v) is 20.4. The van der Waals surface area contributed by atoms with Crippen molar-refractivity contribution < 1.29 is 32.2 Å². The van der Waals surface area contributed by atoms with E-state index in [4.69, 9.17) is 15.2 Å². The number of nitrogens with two attached hydrogens (primary N) is 1. The first-order valence-electron chi connectivity index (χ1n) is 11.4. The fourth-order valence-corrected chi connectivity index (χ4v) is 5.21. The van der Waals surface area contributed by atoms with Crippen LogP contribution in [-0.2, 0) is 6.18 Å². The molecule has 2 aromatic carbocycles. The SMILES string of the molecule is NC(=O)c1sc2nc(C(F)(F)F)cc(-c3ccccc3)c2c1NC(=O)c1cc(-c2ccc3c(c2)OCO3)n[nH]1. The molecule has 0 saturated carbocycles. The minimum absolute atomic E-state index is 0.0354. The minimum Gasteiger partial charge on any atom is -0.454 e. The van der Waals surface area contributed by atoms with E-state index in [1.807, 2.05) is 0 Å². The van der Waals surface area contributed by atoms with Gasteiger partial charge in [0.25, 0.3) is 11.8 Å². The van der Waals surface area contributed by atoms with Gasteiger partial charge < -0.3 is 20.5 Å². The second-order valence-corrected chi connectivity index (χ2v) is 9.46. The molecule has 0 saturated heterocycles. The maximum atomic E-state index is 13.7. The largest absolute Gasteiger partial charge is 0.454 e. The van der Waals surface area contributed by atoms with Gasteiger partial charge in [-0.15, -0.1) is 11.3 Å². The molecular formula is C26H16F3N5O4S. The molecule has 0 bridgehead atoms. The molecule has 5 aromatic rings. The maximum Gasteiger partial charge on any atom is 0.433 e. The van der Waals surface area contributed by atoms with Gasteiger partial charge in [-0.05, 0) is 41.5 Å². The van der Waals surface area contributed by atoms with Gasteiger partial charge in [-0.25, -0.2) is 4.98 Å². The van der Waals surface area contributed by atoms with Crippen molar-refractivity contribution in [3.8, 4) is 33.9 Å². The van der Waals surface area contributed by atoms with Crippen LogP contribution in [0.3, 0.4) is 0 Å². The van der Waals surface area contributed by atoms with Crippen LogP contribution in [0.5, 0.6) is 11.5 Å². The number of anilines is 1. The summed E-state index contributed by atoms with van der Waals surface area (Å²) in [7, 11) is 0. The van der Waals surface area contributed by atoms with Crippen LogP contribution in [0.25, 0.3) is 32.6 Å². The van der Waals surface area contributed by atoms with Crippen molar-refractivity contribution in [1.82, 2.24) is 15.2 Å². The first kappa shape index (κ1) is 24.4. The van der Waals surface area contributed by atoms with Crippen molar-refractivity contribution in [2.45, 2.75) is 6.18 Å². The van der Waals surface area contributed by atoms with E-state index in [9.17, 15) is 22.8 Å². The number of amides is 2. The van der Waals surface area contributed by atoms with E-state index in [0.717, 1.165) is 6.07 Å². The third-order valence-electron chi connectivity index (χ3n) is 5.99. The molecule has 1 aliphatic rings. The summed E-state index contributed by atoms with van der Waals surface area (Å²) in [6, 6.07) is 15.8. The Morgan fingerprint density at radius 2 is 1.77 bits per heavy atom. The van der Waals surface area contributed by atoms with Gasteiger partial charge in [-0.1, -0.05) is 30.3 Å². The summed E-state index contributed by atoms with van der Waals surface area (Å²) in [4.78, 5) is 29.1. The predicted octanol–water partition coefficient (Wildman–Crippen LogP) is 5.45. The number of nitrogens with zero attached hydrogens (tertiary/aromatic N) is 2. The Kier molecular flexibility index (Phi) is 5.72. The Morgan fingerprint density at radius 1 is 1.00 bits per heavy atom. The molecule has 1 aliphatic heterocycles. The molecule has 13 heteroatoms. The van der Waals surface area contributed by atoms with Crippen molar-refractivity contribution in [2.75, 3.05) is 12.1 Å². The monoisotopic (exact) mass is 551 g/mol. The summed E-state index contributed by atoms with van der Waals surface area (Å²) < 4.78 is 51.7. The van der Waals surface area contributed by atoms with Gasteiger partial charge in [0.05, 0.1) is 11.4 Å². The Morgan fingerprint density at radius 3 is 2.51 bits per heavy atom. The molecule has 9 nitrogen and oxygen atoms in total. The first-order chi connectivity index (χ1) is 18.7. The highest BCUT2D eigenvalue weighted by Crippen LogP contribution is 2.44. The van der Waals surface area contributed by atoms with Gasteiger partial charge in [0.2, 0.25) is 6.79 Å². The van der Waals surface area contributed by atoms with Crippen LogP contribution >= 0.6 is 11.3 Å². The van der Waals surface area contributed by atoms with E-state index < -0.39 is 23.7 Å². The Balaban J connectivity index is 1.43. The van der Waals surface area contributed by atoms with E-state index in [1.54, 1.807) is 48.5 Å². The number of H-pyrrole nitrogens is 1. The molecule has 0 atom stereocenters. The smallest absolute Gasteiger partial charge is 0.433 e. The fourth-order valence-electron chi connectivity index (χ4n) is 4.20. The molecule has 4 heterocycles. The molecule has 0 aliphatic carbocycles. The number of aromatic nitrogens is 3. The van der Waals surface area contributed by atoms with Crippen LogP contribution < -0.4 is 20.5 Å². The average molecular weight is 552 g/mol. The van der Waals surface area contributed by atoms with Gasteiger partial charge in [-0.3, -0.25) is 14.7 Å². The molecule has 0 spiro atoms. The normalized spacial score (nSPS) is 12.6. The molecule has 196 valence electrons. The number of hydrogen-bond acceptors (Lipinski definition) is 7. The van der Waals surface area contributed by atoms with Crippen LogP contribution in [-0.4, -0.2) is 33.8 Å². The highest BCUT2D eigenvalue weighted by atomic mass is 32.1. The maximum absolute atomic E-state index is 13.7. The lowest BCUT2D eigenvalue weighted by Gasteiger charge is -2.12. The lowest BCUT2D eigenvalue weighted by molar-refractivity contribution is -0.140. The lowest BCUT2D eigenvalue weighted by atomic mass is 10.0. The molecular weight excluding hydrogens is 535 g/mol. The predicted molar refractivity (Wildman–Crippen MR) is 137 cm³/mol. The summed E-state index contributed by atoms with van der Waals surface area (Å²) in [6.07, 6.45) is -4.74. The Hall–Kier alpha value is -4.91. The second kappa shape index (κ2) is 9.13. The van der Waals surface area contributed by atoms with Crippen molar-refractivity contribution in [3.63, 3.8) is 0 Å². The quantitative estimate of drug-likeness (QED) is 0.266. The van der Waals surface area contributed by atoms with Crippen molar-refractivity contribution >= 4 is 39.1 Å². The number of ether oxygens (including phenoxy) is 2. The summed E-state index contributed by atoms with van der Waals surface area (Å²) in [5.41, 5.74) is 6.09. The number of benzene rings is 2. The number of primary amides is 1. The van der Waals surface area contributed by atoms with Crippen LogP contribution in [0.4, 0.5) is 18.9 Å². The number of hydrogen-bond donors (Lipinski definition) is 3. The van der Waals surface area contributed by atoms with E-state index in [0.29, 0.717) is 39.7 Å². The van der Waals surface area contributed by atoms with Gasteiger partial charge in [0.1, 0.15) is 21.1 Å². The summed E-state index contributed by atoms with van der Waals surface area (Å²) in [5, 5.41) is 9.63. The van der Waals surface area contributed by atoms with E-state index in [1.165, 1.54) is 6.07 Å².